The molecule has 0 saturated carbocycles. The monoisotopic (exact) mass is 402 g/mol. The second-order valence-electron chi connectivity index (χ2n) is 6.81. The number of sulfonamides is 1. The second-order valence-corrected chi connectivity index (χ2v) is 9.87. The molecule has 7 nitrogen and oxygen atoms in total. The SMILES string of the molecule is COC(=O)[C@H]1C[C@H](NC(=O)CCC(C)C)CCN1S(=O)(=O)c1cccs1. The number of hydrogen-bond donors (Lipinski definition) is 1. The fraction of sp³-hybridized carbons (Fsp3) is 0.647. The predicted molar refractivity (Wildman–Crippen MR) is 99.3 cm³/mol. The van der Waals surface area contributed by atoms with Gasteiger partial charge in [-0.2, -0.15) is 4.31 Å². The van der Waals surface area contributed by atoms with Gasteiger partial charge in [0.1, 0.15) is 10.3 Å². The first-order valence-corrected chi connectivity index (χ1v) is 11.0. The summed E-state index contributed by atoms with van der Waals surface area (Å²) in [5.74, 6) is -0.241. The highest BCUT2D eigenvalue weighted by Gasteiger charge is 2.42. The molecule has 0 aliphatic carbocycles. The van der Waals surface area contributed by atoms with Crippen LogP contribution in [0.3, 0.4) is 0 Å². The van der Waals surface area contributed by atoms with Crippen molar-refractivity contribution in [3.05, 3.63) is 17.5 Å². The fourth-order valence-corrected chi connectivity index (χ4v) is 5.68. The van der Waals surface area contributed by atoms with Crippen LogP contribution >= 0.6 is 11.3 Å². The molecule has 1 saturated heterocycles. The summed E-state index contributed by atoms with van der Waals surface area (Å²) < 4.78 is 31.9. The lowest BCUT2D eigenvalue weighted by molar-refractivity contribution is -0.146. The van der Waals surface area contributed by atoms with Gasteiger partial charge in [0.25, 0.3) is 10.0 Å². The molecule has 2 heterocycles. The summed E-state index contributed by atoms with van der Waals surface area (Å²) in [6.45, 7) is 4.26. The summed E-state index contributed by atoms with van der Waals surface area (Å²) in [6, 6.07) is 2.00. The van der Waals surface area contributed by atoms with Crippen LogP contribution in [-0.2, 0) is 24.3 Å². The average Bonchev–Trinajstić information content (AvgIpc) is 3.14. The van der Waals surface area contributed by atoms with Gasteiger partial charge < -0.3 is 10.1 Å². The number of nitrogens with zero attached hydrogens (tertiary/aromatic N) is 1. The molecule has 9 heteroatoms. The van der Waals surface area contributed by atoms with Crippen molar-refractivity contribution >= 4 is 33.2 Å². The van der Waals surface area contributed by atoms with Crippen molar-refractivity contribution in [2.45, 2.75) is 55.8 Å². The topological polar surface area (TPSA) is 92.8 Å². The maximum absolute atomic E-state index is 12.8. The number of methoxy groups -OCH3 is 1. The Kier molecular flexibility index (Phi) is 7.19. The van der Waals surface area contributed by atoms with Crippen LogP contribution in [0.4, 0.5) is 0 Å². The smallest absolute Gasteiger partial charge is 0.324 e. The van der Waals surface area contributed by atoms with Crippen molar-refractivity contribution in [2.24, 2.45) is 5.92 Å². The Balaban J connectivity index is 2.10. The minimum atomic E-state index is -3.76. The Hall–Kier alpha value is -1.45. The number of carbonyl (C=O) groups excluding carboxylic acids is 2. The molecule has 0 unspecified atom stereocenters. The van der Waals surface area contributed by atoms with E-state index in [2.05, 4.69) is 19.2 Å². The van der Waals surface area contributed by atoms with E-state index < -0.39 is 22.0 Å². The third-order valence-electron chi connectivity index (χ3n) is 4.40. The number of thiophene rings is 1. The Morgan fingerprint density at radius 1 is 1.42 bits per heavy atom. The van der Waals surface area contributed by atoms with E-state index in [4.69, 9.17) is 4.74 Å². The molecule has 2 atom stereocenters. The lowest BCUT2D eigenvalue weighted by atomic mass is 9.98. The Morgan fingerprint density at radius 3 is 2.73 bits per heavy atom. The maximum Gasteiger partial charge on any atom is 0.324 e. The zero-order valence-corrected chi connectivity index (χ0v) is 16.9. The molecule has 1 N–H and O–H groups in total. The lowest BCUT2D eigenvalue weighted by Crippen LogP contribution is -2.54. The van der Waals surface area contributed by atoms with E-state index in [1.165, 1.54) is 17.5 Å². The van der Waals surface area contributed by atoms with E-state index in [1.54, 1.807) is 11.4 Å². The number of esters is 1. The van der Waals surface area contributed by atoms with Crippen molar-refractivity contribution in [1.82, 2.24) is 9.62 Å². The van der Waals surface area contributed by atoms with Crippen LogP contribution < -0.4 is 5.32 Å². The molecular weight excluding hydrogens is 376 g/mol. The predicted octanol–water partition coefficient (Wildman–Crippen LogP) is 2.00. The zero-order valence-electron chi connectivity index (χ0n) is 15.3. The highest BCUT2D eigenvalue weighted by atomic mass is 32.2. The molecular formula is C17H26N2O5S2. The molecule has 0 aromatic carbocycles. The fourth-order valence-electron chi connectivity index (χ4n) is 2.96. The van der Waals surface area contributed by atoms with Crippen molar-refractivity contribution in [3.8, 4) is 0 Å². The van der Waals surface area contributed by atoms with E-state index in [0.717, 1.165) is 17.8 Å². The minimum Gasteiger partial charge on any atom is -0.468 e. The largest absolute Gasteiger partial charge is 0.468 e. The number of piperidine rings is 1. The summed E-state index contributed by atoms with van der Waals surface area (Å²) in [5.41, 5.74) is 0. The third kappa shape index (κ3) is 5.05. The third-order valence-corrected chi connectivity index (χ3v) is 7.68. The summed E-state index contributed by atoms with van der Waals surface area (Å²) in [4.78, 5) is 24.3. The van der Waals surface area contributed by atoms with Crippen LogP contribution in [0.15, 0.2) is 21.7 Å². The molecule has 1 aromatic heterocycles. The molecule has 1 aliphatic rings. The number of carbonyl (C=O) groups is 2. The van der Waals surface area contributed by atoms with Crippen LogP contribution in [0.25, 0.3) is 0 Å². The molecule has 1 aliphatic heterocycles. The van der Waals surface area contributed by atoms with E-state index in [0.29, 0.717) is 18.8 Å². The van der Waals surface area contributed by atoms with Gasteiger partial charge in [-0.25, -0.2) is 8.42 Å². The highest BCUT2D eigenvalue weighted by Crippen LogP contribution is 2.28. The first-order chi connectivity index (χ1) is 12.3. The Bertz CT molecular complexity index is 716. The number of nitrogens with one attached hydrogen (secondary N) is 1. The number of hydrogen-bond acceptors (Lipinski definition) is 6. The van der Waals surface area contributed by atoms with E-state index in [-0.39, 0.29) is 29.1 Å². The van der Waals surface area contributed by atoms with Gasteiger partial charge in [-0.15, -0.1) is 11.3 Å². The highest BCUT2D eigenvalue weighted by molar-refractivity contribution is 7.91. The van der Waals surface area contributed by atoms with E-state index in [1.807, 2.05) is 0 Å². The maximum atomic E-state index is 12.8. The second kappa shape index (κ2) is 8.96. The normalized spacial score (nSPS) is 21.5. The Morgan fingerprint density at radius 2 is 2.15 bits per heavy atom. The van der Waals surface area contributed by atoms with Crippen LogP contribution in [0, 0.1) is 5.92 Å². The van der Waals surface area contributed by atoms with Crippen LogP contribution in [0.2, 0.25) is 0 Å². The van der Waals surface area contributed by atoms with Gasteiger partial charge in [0.2, 0.25) is 5.91 Å². The molecule has 26 heavy (non-hydrogen) atoms. The molecule has 1 aromatic rings. The van der Waals surface area contributed by atoms with Gasteiger partial charge in [0, 0.05) is 19.0 Å². The van der Waals surface area contributed by atoms with Gasteiger partial charge in [-0.1, -0.05) is 19.9 Å². The zero-order chi connectivity index (χ0) is 19.3. The number of ether oxygens (including phenoxy) is 1. The van der Waals surface area contributed by atoms with Crippen LogP contribution in [-0.4, -0.2) is 50.3 Å². The van der Waals surface area contributed by atoms with Crippen molar-refractivity contribution in [2.75, 3.05) is 13.7 Å². The quantitative estimate of drug-likeness (QED) is 0.704. The van der Waals surface area contributed by atoms with Gasteiger partial charge in [0.15, 0.2) is 0 Å². The van der Waals surface area contributed by atoms with Crippen LogP contribution in [0.5, 0.6) is 0 Å². The molecule has 0 radical (unpaired) electrons. The first-order valence-electron chi connectivity index (χ1n) is 8.68. The summed E-state index contributed by atoms with van der Waals surface area (Å²) in [5, 5.41) is 4.61. The molecule has 0 bridgehead atoms. The average molecular weight is 403 g/mol. The van der Waals surface area contributed by atoms with Crippen molar-refractivity contribution in [1.29, 1.82) is 0 Å². The molecule has 0 spiro atoms. The van der Waals surface area contributed by atoms with Crippen LogP contribution in [0.1, 0.15) is 39.5 Å². The number of amides is 1. The van der Waals surface area contributed by atoms with E-state index in [9.17, 15) is 18.0 Å². The van der Waals surface area contributed by atoms with Crippen molar-refractivity contribution < 1.29 is 22.7 Å². The molecule has 2 rings (SSSR count). The summed E-state index contributed by atoms with van der Waals surface area (Å²) in [7, 11) is -2.52. The Labute approximate surface area is 158 Å². The van der Waals surface area contributed by atoms with Crippen molar-refractivity contribution in [3.63, 3.8) is 0 Å². The molecule has 1 fully saturated rings. The van der Waals surface area contributed by atoms with Gasteiger partial charge >= 0.3 is 5.97 Å². The van der Waals surface area contributed by atoms with E-state index >= 15 is 0 Å². The van der Waals surface area contributed by atoms with Gasteiger partial charge in [0.05, 0.1) is 7.11 Å². The minimum absolute atomic E-state index is 0.0677. The standard InChI is InChI=1S/C17H26N2O5S2/c1-12(2)6-7-15(20)18-13-8-9-19(14(11-13)17(21)24-3)26(22,23)16-5-4-10-25-16/h4-5,10,12-14H,6-9,11H2,1-3H3,(H,18,20)/t13-,14-/m1/s1. The van der Waals surface area contributed by atoms with Gasteiger partial charge in [-0.05, 0) is 36.6 Å². The molecule has 146 valence electrons. The first kappa shape index (κ1) is 20.9. The van der Waals surface area contributed by atoms with Gasteiger partial charge in [-0.3, -0.25) is 9.59 Å². The molecule has 1 amide bonds. The lowest BCUT2D eigenvalue weighted by Gasteiger charge is -2.36. The summed E-state index contributed by atoms with van der Waals surface area (Å²) >= 11 is 1.11. The number of rotatable bonds is 7. The summed E-state index contributed by atoms with van der Waals surface area (Å²) in [6.07, 6.45) is 1.89.